The molecule has 2 aromatic carbocycles. The van der Waals surface area contributed by atoms with Crippen molar-refractivity contribution in [2.45, 2.75) is 38.5 Å². The van der Waals surface area contributed by atoms with E-state index in [1.54, 1.807) is 23.5 Å². The quantitative estimate of drug-likeness (QED) is 0.230. The molecule has 174 valence electrons. The number of thiazole rings is 2. The van der Waals surface area contributed by atoms with E-state index in [9.17, 15) is 5.11 Å². The summed E-state index contributed by atoms with van der Waals surface area (Å²) in [6, 6.07) is 13.2. The van der Waals surface area contributed by atoms with Crippen LogP contribution in [0.5, 0.6) is 5.75 Å². The standard InChI is InChI=1S/C17H18ClN3OS2.C7H9NS/c1-3-9(2)6-14-21-16(19)15(24-14)17-20-12(8-23-17)10-4-5-11(18)13(22)7-10;1-6-2-4-7(9-8)5-3-6/h4-5,7-9,22H,3,6,19H2,1-2H3;2-5H,8H2,1H3. The molecule has 0 saturated carbocycles. The Bertz CT molecular complexity index is 1190. The van der Waals surface area contributed by atoms with Crippen LogP contribution in [0.3, 0.4) is 0 Å². The number of nitrogen functional groups attached to an aromatic ring is 1. The second-order valence-electron chi connectivity index (χ2n) is 7.67. The van der Waals surface area contributed by atoms with Crippen molar-refractivity contribution in [1.82, 2.24) is 9.97 Å². The number of phenols is 1. The maximum atomic E-state index is 9.76. The molecule has 5 N–H and O–H groups in total. The number of aryl methyl sites for hydroxylation is 1. The smallest absolute Gasteiger partial charge is 0.145 e. The minimum atomic E-state index is 0.0526. The van der Waals surface area contributed by atoms with E-state index in [1.165, 1.54) is 28.8 Å². The molecule has 0 radical (unpaired) electrons. The third-order valence-electron chi connectivity index (χ3n) is 5.02. The van der Waals surface area contributed by atoms with Crippen molar-refractivity contribution in [2.75, 3.05) is 5.73 Å². The largest absolute Gasteiger partial charge is 0.506 e. The highest BCUT2D eigenvalue weighted by Gasteiger charge is 2.16. The Morgan fingerprint density at radius 3 is 2.52 bits per heavy atom. The molecule has 0 bridgehead atoms. The lowest BCUT2D eigenvalue weighted by Crippen LogP contribution is -1.97. The van der Waals surface area contributed by atoms with E-state index in [-0.39, 0.29) is 5.75 Å². The van der Waals surface area contributed by atoms with Crippen LogP contribution >= 0.6 is 46.2 Å². The average molecular weight is 519 g/mol. The molecule has 4 rings (SSSR count). The van der Waals surface area contributed by atoms with Gasteiger partial charge in [0.25, 0.3) is 0 Å². The van der Waals surface area contributed by atoms with Crippen molar-refractivity contribution in [3.8, 4) is 26.9 Å². The summed E-state index contributed by atoms with van der Waals surface area (Å²) in [6.45, 7) is 6.45. The van der Waals surface area contributed by atoms with Crippen molar-refractivity contribution in [3.05, 3.63) is 63.4 Å². The van der Waals surface area contributed by atoms with E-state index < -0.39 is 0 Å². The van der Waals surface area contributed by atoms with Gasteiger partial charge in [-0.2, -0.15) is 0 Å². The van der Waals surface area contributed by atoms with Gasteiger partial charge in [-0.1, -0.05) is 55.6 Å². The molecule has 0 amide bonds. The van der Waals surface area contributed by atoms with Gasteiger partial charge in [0.2, 0.25) is 0 Å². The molecule has 9 heteroatoms. The molecule has 5 nitrogen and oxygen atoms in total. The number of aromatic hydroxyl groups is 1. The molecular formula is C24H27ClN4OS3. The Labute approximate surface area is 212 Å². The molecule has 4 aromatic rings. The number of phenolic OH excluding ortho intramolecular Hbond substituents is 1. The molecule has 0 aliphatic rings. The number of hydrogen-bond donors (Lipinski definition) is 3. The third-order valence-corrected chi connectivity index (χ3v) is 7.97. The maximum absolute atomic E-state index is 9.76. The van der Waals surface area contributed by atoms with Crippen LogP contribution in [0.25, 0.3) is 21.1 Å². The van der Waals surface area contributed by atoms with Crippen LogP contribution in [-0.2, 0) is 6.42 Å². The number of nitrogens with zero attached hydrogens (tertiary/aromatic N) is 2. The summed E-state index contributed by atoms with van der Waals surface area (Å²) in [5.41, 5.74) is 8.97. The van der Waals surface area contributed by atoms with Crippen LogP contribution < -0.4 is 10.9 Å². The normalized spacial score (nSPS) is 11.7. The second-order valence-corrected chi connectivity index (χ2v) is 10.7. The number of aromatic nitrogens is 2. The number of hydrogen-bond acceptors (Lipinski definition) is 8. The van der Waals surface area contributed by atoms with Crippen molar-refractivity contribution in [2.24, 2.45) is 11.1 Å². The molecule has 0 spiro atoms. The van der Waals surface area contributed by atoms with E-state index >= 15 is 0 Å². The minimum Gasteiger partial charge on any atom is -0.506 e. The number of nitrogens with two attached hydrogens (primary N) is 2. The molecule has 2 heterocycles. The van der Waals surface area contributed by atoms with Gasteiger partial charge in [0.1, 0.15) is 21.5 Å². The first kappa shape index (κ1) is 25.5. The summed E-state index contributed by atoms with van der Waals surface area (Å²) < 4.78 is 0. The molecule has 0 aliphatic carbocycles. The van der Waals surface area contributed by atoms with E-state index in [0.717, 1.165) is 43.9 Å². The van der Waals surface area contributed by atoms with Crippen molar-refractivity contribution < 1.29 is 5.11 Å². The third kappa shape index (κ3) is 6.94. The first-order valence-corrected chi connectivity index (χ1v) is 13.4. The van der Waals surface area contributed by atoms with Crippen LogP contribution in [0.1, 0.15) is 30.8 Å². The molecule has 0 saturated heterocycles. The fourth-order valence-corrected chi connectivity index (χ4v) is 5.35. The fraction of sp³-hybridized carbons (Fsp3) is 0.250. The highest BCUT2D eigenvalue weighted by Crippen LogP contribution is 2.38. The summed E-state index contributed by atoms with van der Waals surface area (Å²) in [6.07, 6.45) is 2.06. The lowest BCUT2D eigenvalue weighted by atomic mass is 10.1. The van der Waals surface area contributed by atoms with Crippen molar-refractivity contribution >= 4 is 52.0 Å². The number of rotatable bonds is 6. The number of benzene rings is 2. The van der Waals surface area contributed by atoms with E-state index in [4.69, 9.17) is 22.5 Å². The van der Waals surface area contributed by atoms with Gasteiger partial charge in [0, 0.05) is 22.3 Å². The zero-order chi connectivity index (χ0) is 24.0. The van der Waals surface area contributed by atoms with E-state index in [0.29, 0.717) is 16.8 Å². The van der Waals surface area contributed by atoms with Crippen LogP contribution in [0, 0.1) is 12.8 Å². The zero-order valence-corrected chi connectivity index (χ0v) is 21.9. The first-order valence-electron chi connectivity index (χ1n) is 10.4. The Balaban J connectivity index is 0.000000286. The predicted molar refractivity (Wildman–Crippen MR) is 144 cm³/mol. The van der Waals surface area contributed by atoms with Crippen LogP contribution in [0.15, 0.2) is 52.7 Å². The topological polar surface area (TPSA) is 98.0 Å². The molecule has 1 unspecified atom stereocenters. The van der Waals surface area contributed by atoms with Gasteiger partial charge in [0.05, 0.1) is 15.7 Å². The Morgan fingerprint density at radius 1 is 1.15 bits per heavy atom. The average Bonchev–Trinajstić information content (AvgIpc) is 3.43. The summed E-state index contributed by atoms with van der Waals surface area (Å²) >= 11 is 10.3. The number of halogens is 1. The Hall–Kier alpha value is -2.10. The van der Waals surface area contributed by atoms with Gasteiger partial charge >= 0.3 is 0 Å². The molecule has 33 heavy (non-hydrogen) atoms. The van der Waals surface area contributed by atoms with E-state index in [2.05, 4.69) is 42.9 Å². The van der Waals surface area contributed by atoms with Crippen LogP contribution in [0.4, 0.5) is 5.82 Å². The van der Waals surface area contributed by atoms with Gasteiger partial charge in [-0.25, -0.2) is 9.97 Å². The lowest BCUT2D eigenvalue weighted by molar-refractivity contribution is 0.476. The van der Waals surface area contributed by atoms with Gasteiger partial charge in [-0.3, -0.25) is 5.14 Å². The van der Waals surface area contributed by atoms with Gasteiger partial charge in [-0.15, -0.1) is 22.7 Å². The maximum Gasteiger partial charge on any atom is 0.145 e. The Morgan fingerprint density at radius 2 is 1.88 bits per heavy atom. The number of anilines is 1. The summed E-state index contributed by atoms with van der Waals surface area (Å²) in [5, 5.41) is 19.3. The van der Waals surface area contributed by atoms with Crippen molar-refractivity contribution in [1.29, 1.82) is 0 Å². The monoisotopic (exact) mass is 518 g/mol. The molecular weight excluding hydrogens is 492 g/mol. The first-order chi connectivity index (χ1) is 15.8. The highest BCUT2D eigenvalue weighted by atomic mass is 35.5. The second kappa shape index (κ2) is 11.9. The summed E-state index contributed by atoms with van der Waals surface area (Å²) in [7, 11) is 0. The highest BCUT2D eigenvalue weighted by molar-refractivity contribution is 7.97. The van der Waals surface area contributed by atoms with E-state index in [1.807, 2.05) is 23.6 Å². The Kier molecular flexibility index (Phi) is 9.17. The van der Waals surface area contributed by atoms with Gasteiger partial charge in [-0.05, 0) is 49.1 Å². The SMILES string of the molecule is CCC(C)Cc1nc(N)c(-c2nc(-c3ccc(Cl)c(O)c3)cs2)s1.Cc1ccc(SN)cc1. The van der Waals surface area contributed by atoms with Crippen molar-refractivity contribution in [3.63, 3.8) is 0 Å². The fourth-order valence-electron chi connectivity index (χ4n) is 2.86. The van der Waals surface area contributed by atoms with Crippen LogP contribution in [0.2, 0.25) is 5.02 Å². The summed E-state index contributed by atoms with van der Waals surface area (Å²) in [4.78, 5) is 11.2. The van der Waals surface area contributed by atoms with Gasteiger partial charge in [0.15, 0.2) is 0 Å². The van der Waals surface area contributed by atoms with Gasteiger partial charge < -0.3 is 10.8 Å². The van der Waals surface area contributed by atoms with Crippen LogP contribution in [-0.4, -0.2) is 15.1 Å². The minimum absolute atomic E-state index is 0.0526. The molecule has 2 aromatic heterocycles. The lowest BCUT2D eigenvalue weighted by Gasteiger charge is -2.03. The summed E-state index contributed by atoms with van der Waals surface area (Å²) in [5.74, 6) is 1.18. The zero-order valence-electron chi connectivity index (χ0n) is 18.7. The molecule has 1 atom stereocenters. The molecule has 0 fully saturated rings. The predicted octanol–water partition coefficient (Wildman–Crippen LogP) is 7.42. The molecule has 0 aliphatic heterocycles.